The molecule has 0 atom stereocenters. The summed E-state index contributed by atoms with van der Waals surface area (Å²) in [6.07, 6.45) is 0. The summed E-state index contributed by atoms with van der Waals surface area (Å²) in [4.78, 5) is 0. The van der Waals surface area contributed by atoms with Crippen molar-refractivity contribution < 1.29 is 0 Å². The van der Waals surface area contributed by atoms with Gasteiger partial charge in [-0.3, -0.25) is 9.34 Å². The summed E-state index contributed by atoms with van der Waals surface area (Å²) < 4.78 is 4.62. The molecule has 0 bridgehead atoms. The minimum Gasteiger partial charge on any atom is -0.258 e. The molecule has 0 unspecified atom stereocenters. The Labute approximate surface area is 82.5 Å². The zero-order chi connectivity index (χ0) is 9.56. The lowest BCUT2D eigenvalue weighted by atomic mass is 10.7. The van der Waals surface area contributed by atoms with E-state index >= 15 is 0 Å². The first-order valence-corrected chi connectivity index (χ1v) is 6.81. The van der Waals surface area contributed by atoms with E-state index in [9.17, 15) is 0 Å². The predicted molar refractivity (Wildman–Crippen MR) is 58.6 cm³/mol. The van der Waals surface area contributed by atoms with Gasteiger partial charge in [0.05, 0.1) is 0 Å². The average molecular weight is 211 g/mol. The molecule has 0 heterocycles. The Kier molecular flexibility index (Phi) is 7.46. The molecule has 0 spiro atoms. The van der Waals surface area contributed by atoms with E-state index in [-0.39, 0.29) is 0 Å². The molecule has 0 aliphatic rings. The van der Waals surface area contributed by atoms with Crippen molar-refractivity contribution >= 4 is 18.8 Å². The van der Waals surface area contributed by atoms with Gasteiger partial charge in [-0.05, 0) is 0 Å². The fraction of sp³-hybridized carbons (Fsp3) is 1.00. The van der Waals surface area contributed by atoms with Crippen molar-refractivity contribution in [3.8, 4) is 0 Å². The van der Waals surface area contributed by atoms with Gasteiger partial charge in [-0.15, -0.1) is 0 Å². The molecule has 12 heavy (non-hydrogen) atoms. The zero-order valence-electron chi connectivity index (χ0n) is 8.55. The van der Waals surface area contributed by atoms with E-state index in [1.54, 1.807) is 0 Å². The molecule has 2 nitrogen and oxygen atoms in total. The Balaban J connectivity index is 4.02. The lowest BCUT2D eigenvalue weighted by molar-refractivity contribution is 0.434. The highest BCUT2D eigenvalue weighted by molar-refractivity contribution is 7.80. The number of nitrogens with zero attached hydrogens (tertiary/aromatic N) is 2. The molecule has 4 heteroatoms. The molecule has 0 radical (unpaired) electrons. The molecule has 0 rings (SSSR count). The summed E-state index contributed by atoms with van der Waals surface area (Å²) in [5.41, 5.74) is 0. The van der Waals surface area contributed by atoms with Crippen molar-refractivity contribution in [2.45, 2.75) is 27.7 Å². The second kappa shape index (κ2) is 7.08. The molecular weight excluding hydrogens is 191 g/mol. The number of hydrogen-bond donors (Lipinski definition) is 0. The molecule has 0 aliphatic heterocycles. The first-order valence-electron chi connectivity index (χ1n) is 4.66. The molecule has 0 aromatic heterocycles. The molecule has 0 aliphatic carbocycles. The summed E-state index contributed by atoms with van der Waals surface area (Å²) in [6.45, 7) is 12.8. The highest BCUT2D eigenvalue weighted by atomic mass is 35.7. The van der Waals surface area contributed by atoms with Crippen molar-refractivity contribution in [1.29, 1.82) is 0 Å². The third-order valence-corrected chi connectivity index (χ3v) is 5.27. The Morgan fingerprint density at radius 2 is 1.08 bits per heavy atom. The highest BCUT2D eigenvalue weighted by Crippen LogP contribution is 2.48. The molecular formula is C8H20ClN2P. The smallest absolute Gasteiger partial charge is 0.140 e. The van der Waals surface area contributed by atoms with E-state index in [4.69, 9.17) is 11.2 Å². The van der Waals surface area contributed by atoms with Gasteiger partial charge in [0.2, 0.25) is 0 Å². The van der Waals surface area contributed by atoms with Crippen molar-refractivity contribution in [1.82, 2.24) is 9.34 Å². The Morgan fingerprint density at radius 1 is 0.833 bits per heavy atom. The Hall–Kier alpha value is 0.640. The van der Waals surface area contributed by atoms with Gasteiger partial charge < -0.3 is 0 Å². The third-order valence-electron chi connectivity index (χ3n) is 1.93. The van der Waals surface area contributed by atoms with Crippen LogP contribution in [0.3, 0.4) is 0 Å². The van der Waals surface area contributed by atoms with Crippen LogP contribution >= 0.6 is 18.8 Å². The van der Waals surface area contributed by atoms with Crippen LogP contribution in [0.25, 0.3) is 0 Å². The van der Waals surface area contributed by atoms with Crippen molar-refractivity contribution in [2.24, 2.45) is 0 Å². The molecule has 0 aromatic carbocycles. The van der Waals surface area contributed by atoms with E-state index in [1.807, 2.05) is 0 Å². The predicted octanol–water partition coefficient (Wildman–Crippen LogP) is 3.14. The van der Waals surface area contributed by atoms with Crippen LogP contribution in [-0.4, -0.2) is 35.5 Å². The number of halogens is 1. The summed E-state index contributed by atoms with van der Waals surface area (Å²) in [5, 5.41) is 0. The number of hydrogen-bond acceptors (Lipinski definition) is 2. The van der Waals surface area contributed by atoms with Crippen molar-refractivity contribution in [2.75, 3.05) is 26.2 Å². The average Bonchev–Trinajstić information content (AvgIpc) is 2.09. The van der Waals surface area contributed by atoms with E-state index in [1.165, 1.54) is 0 Å². The van der Waals surface area contributed by atoms with Crippen molar-refractivity contribution in [3.05, 3.63) is 0 Å². The van der Waals surface area contributed by atoms with Crippen LogP contribution in [0.1, 0.15) is 27.7 Å². The van der Waals surface area contributed by atoms with E-state index in [0.717, 1.165) is 26.2 Å². The van der Waals surface area contributed by atoms with Crippen LogP contribution in [-0.2, 0) is 0 Å². The maximum atomic E-state index is 6.33. The SMILES string of the molecule is CCN(CC)P(Cl)N(CC)CC. The van der Waals surface area contributed by atoms with Crippen LogP contribution < -0.4 is 0 Å². The Morgan fingerprint density at radius 3 is 1.25 bits per heavy atom. The molecule has 0 fully saturated rings. The van der Waals surface area contributed by atoms with Gasteiger partial charge in [0.1, 0.15) is 7.58 Å². The summed E-state index contributed by atoms with van der Waals surface area (Å²) in [6, 6.07) is 0. The minimum absolute atomic E-state index is 0.569. The maximum Gasteiger partial charge on any atom is 0.140 e. The fourth-order valence-electron chi connectivity index (χ4n) is 1.09. The lowest BCUT2D eigenvalue weighted by Crippen LogP contribution is -2.26. The lowest BCUT2D eigenvalue weighted by Gasteiger charge is -2.32. The molecule has 0 amide bonds. The molecule has 0 saturated heterocycles. The molecule has 0 saturated carbocycles. The normalized spacial score (nSPS) is 12.0. The summed E-state index contributed by atoms with van der Waals surface area (Å²) in [5.74, 6) is 0. The molecule has 74 valence electrons. The van der Waals surface area contributed by atoms with Gasteiger partial charge in [0.15, 0.2) is 0 Å². The monoisotopic (exact) mass is 210 g/mol. The van der Waals surface area contributed by atoms with Gasteiger partial charge in [0, 0.05) is 26.2 Å². The van der Waals surface area contributed by atoms with Crippen molar-refractivity contribution in [3.63, 3.8) is 0 Å². The second-order valence-electron chi connectivity index (χ2n) is 2.52. The quantitative estimate of drug-likeness (QED) is 0.622. The summed E-state index contributed by atoms with van der Waals surface area (Å²) in [7, 11) is -0.569. The largest absolute Gasteiger partial charge is 0.258 e. The standard InChI is InChI=1S/C8H20ClN2P/c1-5-10(6-2)12(9)11(7-3)8-4/h5-8H2,1-4H3. The molecule has 0 N–H and O–H groups in total. The van der Waals surface area contributed by atoms with Crippen LogP contribution in [0.4, 0.5) is 0 Å². The van der Waals surface area contributed by atoms with Crippen LogP contribution in [0.2, 0.25) is 0 Å². The minimum atomic E-state index is -0.569. The first-order chi connectivity index (χ1) is 5.71. The molecule has 0 aromatic rings. The highest BCUT2D eigenvalue weighted by Gasteiger charge is 2.18. The summed E-state index contributed by atoms with van der Waals surface area (Å²) >= 11 is 6.33. The van der Waals surface area contributed by atoms with E-state index < -0.39 is 7.58 Å². The van der Waals surface area contributed by atoms with Crippen LogP contribution in [0.15, 0.2) is 0 Å². The van der Waals surface area contributed by atoms with Crippen LogP contribution in [0, 0.1) is 0 Å². The van der Waals surface area contributed by atoms with Gasteiger partial charge in [0.25, 0.3) is 0 Å². The first kappa shape index (κ1) is 12.6. The number of rotatable bonds is 6. The topological polar surface area (TPSA) is 6.48 Å². The van der Waals surface area contributed by atoms with E-state index in [0.29, 0.717) is 0 Å². The van der Waals surface area contributed by atoms with E-state index in [2.05, 4.69) is 37.0 Å². The second-order valence-corrected chi connectivity index (χ2v) is 5.04. The fourth-order valence-corrected chi connectivity index (χ4v) is 3.67. The van der Waals surface area contributed by atoms with Gasteiger partial charge in [-0.25, -0.2) is 0 Å². The van der Waals surface area contributed by atoms with Gasteiger partial charge in [-0.2, -0.15) is 0 Å². The maximum absolute atomic E-state index is 6.33. The third kappa shape index (κ3) is 3.57. The van der Waals surface area contributed by atoms with Gasteiger partial charge >= 0.3 is 0 Å². The van der Waals surface area contributed by atoms with Gasteiger partial charge in [-0.1, -0.05) is 38.9 Å². The Bertz CT molecular complexity index is 93.2. The zero-order valence-corrected chi connectivity index (χ0v) is 10.2. The van der Waals surface area contributed by atoms with Crippen LogP contribution in [0.5, 0.6) is 0 Å².